The van der Waals surface area contributed by atoms with Gasteiger partial charge in [-0.3, -0.25) is 0 Å². The van der Waals surface area contributed by atoms with Gasteiger partial charge in [0.25, 0.3) is 0 Å². The summed E-state index contributed by atoms with van der Waals surface area (Å²) in [5.74, 6) is 0.825. The van der Waals surface area contributed by atoms with E-state index < -0.39 is 0 Å². The SMILES string of the molecule is CCc1cc(OC)c(O)c(C2(C(C)N)CC2)c1. The Hall–Kier alpha value is -1.22. The maximum Gasteiger partial charge on any atom is 0.161 e. The Morgan fingerprint density at radius 3 is 2.53 bits per heavy atom. The smallest absolute Gasteiger partial charge is 0.161 e. The molecule has 3 nitrogen and oxygen atoms in total. The molecular formula is C14H21NO2. The number of hydrogen-bond acceptors (Lipinski definition) is 3. The molecule has 1 aromatic carbocycles. The van der Waals surface area contributed by atoms with Crippen LogP contribution in [0.25, 0.3) is 0 Å². The van der Waals surface area contributed by atoms with E-state index >= 15 is 0 Å². The first-order chi connectivity index (χ1) is 8.05. The Kier molecular flexibility index (Phi) is 3.04. The second kappa shape index (κ2) is 4.22. The van der Waals surface area contributed by atoms with Crippen LogP contribution in [0.15, 0.2) is 12.1 Å². The molecule has 2 rings (SSSR count). The summed E-state index contributed by atoms with van der Waals surface area (Å²) in [4.78, 5) is 0. The summed E-state index contributed by atoms with van der Waals surface area (Å²) in [6, 6.07) is 4.04. The molecule has 0 amide bonds. The van der Waals surface area contributed by atoms with Gasteiger partial charge in [0.2, 0.25) is 0 Å². The van der Waals surface area contributed by atoms with E-state index in [1.807, 2.05) is 13.0 Å². The maximum absolute atomic E-state index is 10.3. The summed E-state index contributed by atoms with van der Waals surface area (Å²) in [5.41, 5.74) is 8.17. The molecule has 1 saturated carbocycles. The Morgan fingerprint density at radius 1 is 1.47 bits per heavy atom. The molecule has 0 saturated heterocycles. The highest BCUT2D eigenvalue weighted by Gasteiger charge is 2.49. The molecule has 1 atom stereocenters. The summed E-state index contributed by atoms with van der Waals surface area (Å²) in [5, 5.41) is 10.3. The molecule has 0 aromatic heterocycles. The van der Waals surface area contributed by atoms with Crippen molar-refractivity contribution >= 4 is 0 Å². The van der Waals surface area contributed by atoms with Crippen molar-refractivity contribution in [3.05, 3.63) is 23.3 Å². The molecule has 94 valence electrons. The van der Waals surface area contributed by atoms with Gasteiger partial charge in [-0.25, -0.2) is 0 Å². The number of phenolic OH excluding ortho intramolecular Hbond substituents is 1. The Morgan fingerprint density at radius 2 is 2.12 bits per heavy atom. The Bertz CT molecular complexity index is 422. The van der Waals surface area contributed by atoms with Crippen molar-refractivity contribution in [3.8, 4) is 11.5 Å². The highest BCUT2D eigenvalue weighted by atomic mass is 16.5. The first-order valence-electron chi connectivity index (χ1n) is 6.21. The van der Waals surface area contributed by atoms with Crippen LogP contribution in [0.2, 0.25) is 0 Å². The molecule has 1 aromatic rings. The minimum atomic E-state index is -0.0391. The van der Waals surface area contributed by atoms with Gasteiger partial charge >= 0.3 is 0 Å². The van der Waals surface area contributed by atoms with E-state index in [1.165, 1.54) is 5.56 Å². The summed E-state index contributed by atoms with van der Waals surface area (Å²) in [7, 11) is 1.59. The van der Waals surface area contributed by atoms with Crippen LogP contribution < -0.4 is 10.5 Å². The van der Waals surface area contributed by atoms with Crippen molar-refractivity contribution in [1.29, 1.82) is 0 Å². The van der Waals surface area contributed by atoms with Crippen LogP contribution in [-0.2, 0) is 11.8 Å². The molecule has 1 unspecified atom stereocenters. The molecular weight excluding hydrogens is 214 g/mol. The average Bonchev–Trinajstić information content (AvgIpc) is 3.10. The van der Waals surface area contributed by atoms with E-state index in [9.17, 15) is 5.11 Å². The summed E-state index contributed by atoms with van der Waals surface area (Å²) >= 11 is 0. The van der Waals surface area contributed by atoms with E-state index in [4.69, 9.17) is 10.5 Å². The van der Waals surface area contributed by atoms with E-state index in [2.05, 4.69) is 13.0 Å². The van der Waals surface area contributed by atoms with Crippen molar-refractivity contribution in [2.45, 2.75) is 44.6 Å². The maximum atomic E-state index is 10.3. The van der Waals surface area contributed by atoms with E-state index in [0.29, 0.717) is 5.75 Å². The number of nitrogens with two attached hydrogens (primary N) is 1. The van der Waals surface area contributed by atoms with Gasteiger partial charge < -0.3 is 15.6 Å². The zero-order valence-corrected chi connectivity index (χ0v) is 10.8. The number of aryl methyl sites for hydroxylation is 1. The number of phenols is 1. The van der Waals surface area contributed by atoms with Crippen LogP contribution in [0.1, 0.15) is 37.8 Å². The minimum absolute atomic E-state index is 0.0391. The molecule has 0 radical (unpaired) electrons. The molecule has 0 heterocycles. The zero-order chi connectivity index (χ0) is 12.6. The lowest BCUT2D eigenvalue weighted by molar-refractivity contribution is 0.364. The van der Waals surface area contributed by atoms with Crippen LogP contribution in [-0.4, -0.2) is 18.3 Å². The van der Waals surface area contributed by atoms with Crippen LogP contribution >= 0.6 is 0 Å². The molecule has 1 aliphatic carbocycles. The number of rotatable bonds is 4. The number of benzene rings is 1. The third-order valence-electron chi connectivity index (χ3n) is 3.96. The quantitative estimate of drug-likeness (QED) is 0.842. The summed E-state index contributed by atoms with van der Waals surface area (Å²) in [6.45, 7) is 4.11. The van der Waals surface area contributed by atoms with Gasteiger partial charge in [-0.05, 0) is 37.8 Å². The standard InChI is InChI=1S/C14H21NO2/c1-4-10-7-11(13(16)12(8-10)17-3)14(5-6-14)9(2)15/h7-9,16H,4-6,15H2,1-3H3. The van der Waals surface area contributed by atoms with Crippen LogP contribution in [0.3, 0.4) is 0 Å². The van der Waals surface area contributed by atoms with Crippen molar-refractivity contribution in [2.75, 3.05) is 7.11 Å². The van der Waals surface area contributed by atoms with E-state index in [-0.39, 0.29) is 17.2 Å². The molecule has 0 bridgehead atoms. The first kappa shape index (κ1) is 12.2. The molecule has 1 aliphatic rings. The van der Waals surface area contributed by atoms with Gasteiger partial charge in [0, 0.05) is 17.0 Å². The normalized spacial score (nSPS) is 18.8. The van der Waals surface area contributed by atoms with Crippen molar-refractivity contribution < 1.29 is 9.84 Å². The second-order valence-corrected chi connectivity index (χ2v) is 4.99. The van der Waals surface area contributed by atoms with Crippen molar-refractivity contribution in [1.82, 2.24) is 0 Å². The van der Waals surface area contributed by atoms with E-state index in [0.717, 1.165) is 24.8 Å². The van der Waals surface area contributed by atoms with E-state index in [1.54, 1.807) is 7.11 Å². The minimum Gasteiger partial charge on any atom is -0.504 e. The van der Waals surface area contributed by atoms with Crippen LogP contribution in [0, 0.1) is 0 Å². The fraction of sp³-hybridized carbons (Fsp3) is 0.571. The van der Waals surface area contributed by atoms with Crippen molar-refractivity contribution in [2.24, 2.45) is 5.73 Å². The second-order valence-electron chi connectivity index (χ2n) is 4.99. The first-order valence-corrected chi connectivity index (χ1v) is 6.21. The third kappa shape index (κ3) is 1.89. The molecule has 3 N–H and O–H groups in total. The monoisotopic (exact) mass is 235 g/mol. The van der Waals surface area contributed by atoms with Crippen LogP contribution in [0.4, 0.5) is 0 Å². The lowest BCUT2D eigenvalue weighted by Gasteiger charge is -2.23. The predicted molar refractivity (Wildman–Crippen MR) is 68.6 cm³/mol. The van der Waals surface area contributed by atoms with Crippen LogP contribution in [0.5, 0.6) is 11.5 Å². The number of aromatic hydroxyl groups is 1. The third-order valence-corrected chi connectivity index (χ3v) is 3.96. The Balaban J connectivity index is 2.53. The zero-order valence-electron chi connectivity index (χ0n) is 10.8. The number of ether oxygens (including phenoxy) is 1. The van der Waals surface area contributed by atoms with Gasteiger partial charge in [-0.1, -0.05) is 13.0 Å². The molecule has 17 heavy (non-hydrogen) atoms. The topological polar surface area (TPSA) is 55.5 Å². The molecule has 1 fully saturated rings. The highest BCUT2D eigenvalue weighted by Crippen LogP contribution is 2.54. The Labute approximate surface area is 103 Å². The molecule has 0 aliphatic heterocycles. The lowest BCUT2D eigenvalue weighted by Crippen LogP contribution is -2.31. The highest BCUT2D eigenvalue weighted by molar-refractivity contribution is 5.54. The fourth-order valence-corrected chi connectivity index (χ4v) is 2.51. The summed E-state index contributed by atoms with van der Waals surface area (Å²) in [6.07, 6.45) is 3.03. The number of hydrogen-bond donors (Lipinski definition) is 2. The molecule has 3 heteroatoms. The summed E-state index contributed by atoms with van der Waals surface area (Å²) < 4.78 is 5.24. The van der Waals surface area contributed by atoms with Gasteiger partial charge in [0.15, 0.2) is 11.5 Å². The average molecular weight is 235 g/mol. The lowest BCUT2D eigenvalue weighted by atomic mass is 9.87. The van der Waals surface area contributed by atoms with Gasteiger partial charge in [-0.15, -0.1) is 0 Å². The van der Waals surface area contributed by atoms with Crippen molar-refractivity contribution in [3.63, 3.8) is 0 Å². The molecule has 0 spiro atoms. The number of methoxy groups -OCH3 is 1. The van der Waals surface area contributed by atoms with Gasteiger partial charge in [-0.2, -0.15) is 0 Å². The predicted octanol–water partition coefficient (Wildman–Crippen LogP) is 2.34. The fourth-order valence-electron chi connectivity index (χ4n) is 2.51. The van der Waals surface area contributed by atoms with Gasteiger partial charge in [0.05, 0.1) is 7.11 Å². The largest absolute Gasteiger partial charge is 0.504 e. The van der Waals surface area contributed by atoms with Gasteiger partial charge in [0.1, 0.15) is 0 Å².